The maximum Gasteiger partial charge on any atom is 0.228 e. The Balaban J connectivity index is 2.95. The second-order valence-corrected chi connectivity index (χ2v) is 5.92. The van der Waals surface area contributed by atoms with Crippen LogP contribution in [0.2, 0.25) is 0 Å². The Labute approximate surface area is 122 Å². The number of hydrogen-bond donors (Lipinski definition) is 0. The number of aromatic nitrogens is 2. The third-order valence-electron chi connectivity index (χ3n) is 3.62. The van der Waals surface area contributed by atoms with E-state index in [1.54, 1.807) is 11.1 Å². The third-order valence-corrected chi connectivity index (χ3v) is 3.62. The van der Waals surface area contributed by atoms with Crippen LogP contribution in [-0.2, 0) is 11.2 Å². The van der Waals surface area contributed by atoms with Crippen molar-refractivity contribution in [1.29, 1.82) is 0 Å². The Kier molecular flexibility index (Phi) is 6.11. The van der Waals surface area contributed by atoms with E-state index in [1.807, 2.05) is 13.0 Å². The molecule has 0 saturated carbocycles. The first-order valence-corrected chi connectivity index (χ1v) is 7.55. The van der Waals surface area contributed by atoms with E-state index in [0.29, 0.717) is 13.0 Å². The summed E-state index contributed by atoms with van der Waals surface area (Å²) >= 11 is 0. The van der Waals surface area contributed by atoms with Crippen molar-refractivity contribution >= 4 is 11.7 Å². The second-order valence-electron chi connectivity index (χ2n) is 5.92. The maximum absolute atomic E-state index is 12.6. The van der Waals surface area contributed by atoms with E-state index in [-0.39, 0.29) is 11.3 Å². The van der Waals surface area contributed by atoms with Gasteiger partial charge < -0.3 is 0 Å². The molecule has 20 heavy (non-hydrogen) atoms. The van der Waals surface area contributed by atoms with Gasteiger partial charge in [0.25, 0.3) is 0 Å². The summed E-state index contributed by atoms with van der Waals surface area (Å²) in [6.45, 7) is 11.2. The molecule has 0 spiro atoms. The van der Waals surface area contributed by atoms with Crippen LogP contribution >= 0.6 is 0 Å². The summed E-state index contributed by atoms with van der Waals surface area (Å²) < 4.78 is 0. The van der Waals surface area contributed by atoms with Crippen molar-refractivity contribution < 1.29 is 4.79 Å². The van der Waals surface area contributed by atoms with Gasteiger partial charge >= 0.3 is 0 Å². The van der Waals surface area contributed by atoms with E-state index in [0.717, 1.165) is 30.9 Å². The van der Waals surface area contributed by atoms with Gasteiger partial charge in [-0.25, -0.2) is 9.97 Å². The van der Waals surface area contributed by atoms with Crippen LogP contribution in [0, 0.1) is 5.41 Å². The fourth-order valence-corrected chi connectivity index (χ4v) is 1.93. The molecule has 1 heterocycles. The smallest absolute Gasteiger partial charge is 0.228 e. The molecule has 0 N–H and O–H groups in total. The van der Waals surface area contributed by atoms with Gasteiger partial charge in [0.2, 0.25) is 5.91 Å². The average Bonchev–Trinajstić information content (AvgIpc) is 2.44. The molecule has 1 amide bonds. The van der Waals surface area contributed by atoms with E-state index in [1.165, 1.54) is 0 Å². The number of nitrogens with zero attached hydrogens (tertiary/aromatic N) is 3. The van der Waals surface area contributed by atoms with Gasteiger partial charge in [-0.3, -0.25) is 9.69 Å². The lowest BCUT2D eigenvalue weighted by Crippen LogP contribution is -2.35. The van der Waals surface area contributed by atoms with Crippen LogP contribution < -0.4 is 4.90 Å². The third kappa shape index (κ3) is 4.58. The summed E-state index contributed by atoms with van der Waals surface area (Å²) in [4.78, 5) is 23.1. The van der Waals surface area contributed by atoms with Crippen LogP contribution in [-0.4, -0.2) is 22.4 Å². The molecule has 1 rings (SSSR count). The number of carbonyl (C=O) groups is 1. The van der Waals surface area contributed by atoms with Crippen LogP contribution in [0.4, 0.5) is 5.82 Å². The zero-order valence-electron chi connectivity index (χ0n) is 13.4. The highest BCUT2D eigenvalue weighted by Crippen LogP contribution is 2.26. The first kappa shape index (κ1) is 16.6. The predicted octanol–water partition coefficient (Wildman–Crippen LogP) is 3.61. The summed E-state index contributed by atoms with van der Waals surface area (Å²) in [6.07, 6.45) is 4.98. The summed E-state index contributed by atoms with van der Waals surface area (Å²) in [5.41, 5.74) is 0.0314. The van der Waals surface area contributed by atoms with Gasteiger partial charge in [0.1, 0.15) is 11.6 Å². The van der Waals surface area contributed by atoms with Gasteiger partial charge in [-0.2, -0.15) is 0 Å². The van der Waals surface area contributed by atoms with Crippen molar-refractivity contribution in [3.63, 3.8) is 0 Å². The Hall–Kier alpha value is -1.45. The van der Waals surface area contributed by atoms with Crippen molar-refractivity contribution in [1.82, 2.24) is 9.97 Å². The van der Waals surface area contributed by atoms with Gasteiger partial charge in [0.15, 0.2) is 0 Å². The van der Waals surface area contributed by atoms with Gasteiger partial charge in [-0.1, -0.05) is 41.0 Å². The van der Waals surface area contributed by atoms with Crippen molar-refractivity contribution in [3.05, 3.63) is 18.1 Å². The largest absolute Gasteiger partial charge is 0.297 e. The standard InChI is InChI=1S/C16H27N3O/c1-6-11-19(15(20)12-16(4,5)8-3)14-9-10-17-13(7-2)18-14/h9-10H,6-8,11-12H2,1-5H3. The molecular formula is C16H27N3O. The predicted molar refractivity (Wildman–Crippen MR) is 82.7 cm³/mol. The Morgan fingerprint density at radius 2 is 2.00 bits per heavy atom. The summed E-state index contributed by atoms with van der Waals surface area (Å²) in [7, 11) is 0. The molecule has 4 heteroatoms. The fraction of sp³-hybridized carbons (Fsp3) is 0.688. The molecule has 112 valence electrons. The van der Waals surface area contributed by atoms with E-state index in [9.17, 15) is 4.79 Å². The van der Waals surface area contributed by atoms with Crippen molar-refractivity contribution in [2.75, 3.05) is 11.4 Å². The van der Waals surface area contributed by atoms with Gasteiger partial charge in [-0.15, -0.1) is 0 Å². The van der Waals surface area contributed by atoms with Crippen LogP contribution in [0.3, 0.4) is 0 Å². The van der Waals surface area contributed by atoms with E-state index < -0.39 is 0 Å². The summed E-state index contributed by atoms with van der Waals surface area (Å²) in [6, 6.07) is 1.83. The van der Waals surface area contributed by atoms with Gasteiger partial charge in [0.05, 0.1) is 0 Å². The molecule has 0 aliphatic heterocycles. The fourth-order valence-electron chi connectivity index (χ4n) is 1.93. The zero-order chi connectivity index (χ0) is 15.2. The molecule has 0 aliphatic rings. The molecule has 1 aromatic rings. The highest BCUT2D eigenvalue weighted by atomic mass is 16.2. The molecule has 0 aromatic carbocycles. The Morgan fingerprint density at radius 3 is 2.55 bits per heavy atom. The zero-order valence-corrected chi connectivity index (χ0v) is 13.4. The van der Waals surface area contributed by atoms with Crippen molar-refractivity contribution in [2.45, 2.75) is 60.3 Å². The van der Waals surface area contributed by atoms with E-state index in [2.05, 4.69) is 37.7 Å². The normalized spacial score (nSPS) is 11.4. The quantitative estimate of drug-likeness (QED) is 0.765. The van der Waals surface area contributed by atoms with Crippen LogP contribution in [0.5, 0.6) is 0 Å². The first-order chi connectivity index (χ1) is 9.43. The van der Waals surface area contributed by atoms with Crippen LogP contribution in [0.25, 0.3) is 0 Å². The minimum Gasteiger partial charge on any atom is -0.297 e. The lowest BCUT2D eigenvalue weighted by atomic mass is 9.86. The van der Waals surface area contributed by atoms with Crippen molar-refractivity contribution in [3.8, 4) is 0 Å². The molecule has 0 fully saturated rings. The molecule has 0 radical (unpaired) electrons. The minimum absolute atomic E-state index is 0.0314. The Bertz CT molecular complexity index is 443. The molecule has 0 bridgehead atoms. The molecule has 1 aromatic heterocycles. The molecule has 0 aliphatic carbocycles. The van der Waals surface area contributed by atoms with Gasteiger partial charge in [0, 0.05) is 25.6 Å². The maximum atomic E-state index is 12.6. The van der Waals surface area contributed by atoms with Gasteiger partial charge in [-0.05, 0) is 17.9 Å². The number of anilines is 1. The second kappa shape index (κ2) is 7.36. The molecular weight excluding hydrogens is 250 g/mol. The average molecular weight is 277 g/mol. The number of rotatable bonds is 7. The summed E-state index contributed by atoms with van der Waals surface area (Å²) in [5, 5.41) is 0. The summed E-state index contributed by atoms with van der Waals surface area (Å²) in [5.74, 6) is 1.67. The van der Waals surface area contributed by atoms with Crippen molar-refractivity contribution in [2.24, 2.45) is 5.41 Å². The minimum atomic E-state index is 0.0314. The van der Waals surface area contributed by atoms with E-state index in [4.69, 9.17) is 0 Å². The molecule has 0 atom stereocenters. The van der Waals surface area contributed by atoms with Crippen LogP contribution in [0.15, 0.2) is 12.3 Å². The van der Waals surface area contributed by atoms with E-state index >= 15 is 0 Å². The highest BCUT2D eigenvalue weighted by Gasteiger charge is 2.25. The SMILES string of the molecule is CCCN(C(=O)CC(C)(C)CC)c1ccnc(CC)n1. The number of carbonyl (C=O) groups excluding carboxylic acids is 1. The molecule has 4 nitrogen and oxygen atoms in total. The lowest BCUT2D eigenvalue weighted by Gasteiger charge is -2.27. The molecule has 0 unspecified atom stereocenters. The number of hydrogen-bond acceptors (Lipinski definition) is 3. The highest BCUT2D eigenvalue weighted by molar-refractivity contribution is 5.92. The first-order valence-electron chi connectivity index (χ1n) is 7.55. The lowest BCUT2D eigenvalue weighted by molar-refractivity contribution is -0.120. The number of amides is 1. The molecule has 0 saturated heterocycles. The van der Waals surface area contributed by atoms with Crippen LogP contribution in [0.1, 0.15) is 59.7 Å². The monoisotopic (exact) mass is 277 g/mol. The number of aryl methyl sites for hydroxylation is 1. The Morgan fingerprint density at radius 1 is 1.30 bits per heavy atom. The topological polar surface area (TPSA) is 46.1 Å².